The van der Waals surface area contributed by atoms with Gasteiger partial charge in [-0.3, -0.25) is 9.59 Å². The van der Waals surface area contributed by atoms with E-state index in [9.17, 15) is 9.59 Å². The SMILES string of the molecule is CCCC(=O)Nc1ncnn2c(C3CCC(COC(=O)CC4(N)CCCCC4)O3)ccc12. The third kappa shape index (κ3) is 5.27. The molecule has 2 unspecified atom stereocenters. The van der Waals surface area contributed by atoms with Crippen LogP contribution in [0.1, 0.15) is 82.9 Å². The van der Waals surface area contributed by atoms with Gasteiger partial charge in [-0.25, -0.2) is 9.50 Å². The van der Waals surface area contributed by atoms with Crippen LogP contribution in [-0.2, 0) is 19.1 Å². The number of hydrogen-bond acceptors (Lipinski definition) is 7. The largest absolute Gasteiger partial charge is 0.463 e. The minimum Gasteiger partial charge on any atom is -0.463 e. The van der Waals surface area contributed by atoms with Crippen LogP contribution in [0.3, 0.4) is 0 Å². The number of carbonyl (C=O) groups excluding carboxylic acids is 2. The lowest BCUT2D eigenvalue weighted by Gasteiger charge is -2.32. The van der Waals surface area contributed by atoms with Gasteiger partial charge in [-0.05, 0) is 44.2 Å². The molecule has 3 N–H and O–H groups in total. The molecule has 2 aromatic rings. The fraction of sp³-hybridized carbons (Fsp3) is 0.652. The Morgan fingerprint density at radius 1 is 1.28 bits per heavy atom. The van der Waals surface area contributed by atoms with Gasteiger partial charge in [-0.15, -0.1) is 0 Å². The van der Waals surface area contributed by atoms with E-state index in [2.05, 4.69) is 15.4 Å². The van der Waals surface area contributed by atoms with Crippen LogP contribution in [0.5, 0.6) is 0 Å². The number of fused-ring (bicyclic) bond motifs is 1. The number of ether oxygens (including phenoxy) is 2. The lowest BCUT2D eigenvalue weighted by molar-refractivity contribution is -0.149. The van der Waals surface area contributed by atoms with Gasteiger partial charge in [0.15, 0.2) is 5.82 Å². The second-order valence-corrected chi connectivity index (χ2v) is 9.07. The van der Waals surface area contributed by atoms with Crippen LogP contribution >= 0.6 is 0 Å². The molecule has 174 valence electrons. The molecule has 32 heavy (non-hydrogen) atoms. The topological polar surface area (TPSA) is 121 Å². The Kier molecular flexibility index (Phi) is 7.05. The van der Waals surface area contributed by atoms with Crippen molar-refractivity contribution in [3.8, 4) is 0 Å². The van der Waals surface area contributed by atoms with Crippen LogP contribution in [0.25, 0.3) is 5.52 Å². The molecule has 0 bridgehead atoms. The zero-order chi connectivity index (χ0) is 22.6. The van der Waals surface area contributed by atoms with E-state index >= 15 is 0 Å². The average molecular weight is 444 g/mol. The van der Waals surface area contributed by atoms with Crippen LogP contribution in [-0.4, -0.2) is 44.7 Å². The van der Waals surface area contributed by atoms with E-state index < -0.39 is 5.54 Å². The van der Waals surface area contributed by atoms with E-state index in [4.69, 9.17) is 15.2 Å². The lowest BCUT2D eigenvalue weighted by Crippen LogP contribution is -2.44. The number of nitrogens with one attached hydrogen (secondary N) is 1. The number of nitrogens with zero attached hydrogens (tertiary/aromatic N) is 3. The van der Waals surface area contributed by atoms with Gasteiger partial charge in [-0.1, -0.05) is 26.2 Å². The highest BCUT2D eigenvalue weighted by Gasteiger charge is 2.33. The molecule has 0 radical (unpaired) electrons. The zero-order valence-electron chi connectivity index (χ0n) is 18.7. The Morgan fingerprint density at radius 3 is 2.88 bits per heavy atom. The van der Waals surface area contributed by atoms with Gasteiger partial charge in [0, 0.05) is 12.0 Å². The highest BCUT2D eigenvalue weighted by molar-refractivity contribution is 5.93. The van der Waals surface area contributed by atoms with Gasteiger partial charge in [0.05, 0.1) is 18.2 Å². The van der Waals surface area contributed by atoms with Crippen molar-refractivity contribution in [2.45, 2.75) is 88.9 Å². The smallest absolute Gasteiger partial charge is 0.307 e. The number of carbonyl (C=O) groups is 2. The first kappa shape index (κ1) is 22.7. The summed E-state index contributed by atoms with van der Waals surface area (Å²) in [6.45, 7) is 2.20. The molecule has 2 aromatic heterocycles. The molecule has 0 spiro atoms. The number of rotatable bonds is 8. The minimum absolute atomic E-state index is 0.0673. The molecule has 1 aliphatic carbocycles. The second kappa shape index (κ2) is 9.95. The van der Waals surface area contributed by atoms with Crippen LogP contribution in [0.15, 0.2) is 18.5 Å². The monoisotopic (exact) mass is 443 g/mol. The molecule has 2 atom stereocenters. The highest BCUT2D eigenvalue weighted by atomic mass is 16.6. The van der Waals surface area contributed by atoms with E-state index in [0.717, 1.165) is 56.2 Å². The summed E-state index contributed by atoms with van der Waals surface area (Å²) in [6, 6.07) is 3.83. The summed E-state index contributed by atoms with van der Waals surface area (Å²) in [5.74, 6) is 0.184. The molecule has 1 amide bonds. The summed E-state index contributed by atoms with van der Waals surface area (Å²) in [5, 5.41) is 7.19. The molecule has 1 aliphatic heterocycles. The summed E-state index contributed by atoms with van der Waals surface area (Å²) >= 11 is 0. The van der Waals surface area contributed by atoms with Crippen molar-refractivity contribution in [1.82, 2.24) is 14.6 Å². The minimum atomic E-state index is -0.413. The summed E-state index contributed by atoms with van der Waals surface area (Å²) in [6.07, 6.45) is 9.33. The van der Waals surface area contributed by atoms with Gasteiger partial charge >= 0.3 is 5.97 Å². The van der Waals surface area contributed by atoms with Gasteiger partial charge in [0.2, 0.25) is 5.91 Å². The lowest BCUT2D eigenvalue weighted by atomic mass is 9.80. The van der Waals surface area contributed by atoms with E-state index in [1.165, 1.54) is 12.7 Å². The number of esters is 1. The van der Waals surface area contributed by atoms with Crippen molar-refractivity contribution < 1.29 is 19.1 Å². The fourth-order valence-electron chi connectivity index (χ4n) is 4.72. The Morgan fingerprint density at radius 2 is 2.09 bits per heavy atom. The Balaban J connectivity index is 1.33. The number of hydrogen-bond donors (Lipinski definition) is 2. The van der Waals surface area contributed by atoms with Crippen molar-refractivity contribution in [3.63, 3.8) is 0 Å². The van der Waals surface area contributed by atoms with E-state index in [1.54, 1.807) is 4.52 Å². The van der Waals surface area contributed by atoms with Crippen molar-refractivity contribution >= 4 is 23.2 Å². The third-order valence-corrected chi connectivity index (χ3v) is 6.43. The number of nitrogens with two attached hydrogens (primary N) is 1. The molecule has 1 saturated carbocycles. The summed E-state index contributed by atoms with van der Waals surface area (Å²) < 4.78 is 13.4. The van der Waals surface area contributed by atoms with Gasteiger partial charge < -0.3 is 20.5 Å². The normalized spacial score (nSPS) is 22.7. The molecule has 2 fully saturated rings. The molecular formula is C23H33N5O4. The first-order valence-corrected chi connectivity index (χ1v) is 11.7. The molecule has 3 heterocycles. The molecule has 0 aromatic carbocycles. The number of anilines is 1. The van der Waals surface area contributed by atoms with Crippen LogP contribution in [0, 0.1) is 0 Å². The molecule has 4 rings (SSSR count). The molecule has 1 saturated heterocycles. The Hall–Kier alpha value is -2.52. The molecule has 9 nitrogen and oxygen atoms in total. The van der Waals surface area contributed by atoms with Gasteiger partial charge in [0.1, 0.15) is 24.6 Å². The maximum Gasteiger partial charge on any atom is 0.307 e. The number of aromatic nitrogens is 3. The summed E-state index contributed by atoms with van der Waals surface area (Å²) in [4.78, 5) is 28.5. The van der Waals surface area contributed by atoms with Gasteiger partial charge in [-0.2, -0.15) is 5.10 Å². The van der Waals surface area contributed by atoms with Gasteiger partial charge in [0.25, 0.3) is 0 Å². The predicted octanol–water partition coefficient (Wildman–Crippen LogP) is 3.28. The number of amides is 1. The fourth-order valence-corrected chi connectivity index (χ4v) is 4.72. The third-order valence-electron chi connectivity index (χ3n) is 6.43. The second-order valence-electron chi connectivity index (χ2n) is 9.07. The Bertz CT molecular complexity index is 953. The van der Waals surface area contributed by atoms with Crippen LogP contribution < -0.4 is 11.1 Å². The summed E-state index contributed by atoms with van der Waals surface area (Å²) in [5.41, 5.74) is 7.58. The van der Waals surface area contributed by atoms with Crippen molar-refractivity contribution in [3.05, 3.63) is 24.2 Å². The zero-order valence-corrected chi connectivity index (χ0v) is 18.7. The van der Waals surface area contributed by atoms with E-state index in [-0.39, 0.29) is 37.1 Å². The van der Waals surface area contributed by atoms with Crippen molar-refractivity contribution in [1.29, 1.82) is 0 Å². The maximum absolute atomic E-state index is 12.3. The maximum atomic E-state index is 12.3. The van der Waals surface area contributed by atoms with Crippen LogP contribution in [0.4, 0.5) is 5.82 Å². The Labute approximate surface area is 188 Å². The van der Waals surface area contributed by atoms with E-state index in [0.29, 0.717) is 12.2 Å². The first-order chi connectivity index (χ1) is 15.5. The van der Waals surface area contributed by atoms with Crippen LogP contribution in [0.2, 0.25) is 0 Å². The molecular weight excluding hydrogens is 410 g/mol. The van der Waals surface area contributed by atoms with Crippen molar-refractivity contribution in [2.75, 3.05) is 11.9 Å². The standard InChI is InChI=1S/C23H33N5O4/c1-2-6-20(29)27-22-18-9-8-17(28(18)26-15-25-22)19-10-7-16(32-19)14-31-21(30)13-23(24)11-4-3-5-12-23/h8-9,15-16,19H,2-7,10-14,24H2,1H3,(H,25,26,27,29). The quantitative estimate of drug-likeness (QED) is 0.601. The molecule has 9 heteroatoms. The predicted molar refractivity (Wildman–Crippen MR) is 119 cm³/mol. The van der Waals surface area contributed by atoms with Crippen molar-refractivity contribution in [2.24, 2.45) is 5.73 Å². The average Bonchev–Trinajstić information content (AvgIpc) is 3.40. The highest BCUT2D eigenvalue weighted by Crippen LogP contribution is 2.34. The van der Waals surface area contributed by atoms with E-state index in [1.807, 2.05) is 19.1 Å². The summed E-state index contributed by atoms with van der Waals surface area (Å²) in [7, 11) is 0. The molecule has 2 aliphatic rings. The first-order valence-electron chi connectivity index (χ1n) is 11.7.